The summed E-state index contributed by atoms with van der Waals surface area (Å²) in [7, 11) is 3.60. The predicted octanol–water partition coefficient (Wildman–Crippen LogP) is -1.76. The SMILES string of the molecule is COCC(N)C(=O)NN1CCN(C)CC1. The van der Waals surface area contributed by atoms with Crippen molar-refractivity contribution in [2.24, 2.45) is 5.73 Å². The molecule has 6 heteroatoms. The second kappa shape index (κ2) is 6.02. The molecular weight excluding hydrogens is 196 g/mol. The molecule has 3 N–H and O–H groups in total. The molecule has 0 aliphatic carbocycles. The van der Waals surface area contributed by atoms with Crippen LogP contribution >= 0.6 is 0 Å². The van der Waals surface area contributed by atoms with Crippen LogP contribution in [0, 0.1) is 0 Å². The van der Waals surface area contributed by atoms with Crippen molar-refractivity contribution in [1.29, 1.82) is 0 Å². The Kier molecular flexibility index (Phi) is 4.97. The summed E-state index contributed by atoms with van der Waals surface area (Å²) in [5.74, 6) is -0.179. The number of ether oxygens (including phenoxy) is 1. The standard InChI is InChI=1S/C9H20N4O2/c1-12-3-5-13(6-4-12)11-9(14)8(10)7-15-2/h8H,3-7,10H2,1-2H3,(H,11,14). The van der Waals surface area contributed by atoms with E-state index in [0.29, 0.717) is 0 Å². The van der Waals surface area contributed by atoms with Crippen LogP contribution in [0.2, 0.25) is 0 Å². The lowest BCUT2D eigenvalue weighted by Gasteiger charge is -2.32. The lowest BCUT2D eigenvalue weighted by molar-refractivity contribution is -0.129. The summed E-state index contributed by atoms with van der Waals surface area (Å²) >= 11 is 0. The number of carbonyl (C=O) groups excluding carboxylic acids is 1. The van der Waals surface area contributed by atoms with E-state index >= 15 is 0 Å². The minimum atomic E-state index is -0.588. The number of piperazine rings is 1. The lowest BCUT2D eigenvalue weighted by Crippen LogP contribution is -2.56. The highest BCUT2D eigenvalue weighted by Gasteiger charge is 2.19. The molecule has 0 aromatic heterocycles. The number of amides is 1. The van der Waals surface area contributed by atoms with E-state index in [1.54, 1.807) is 0 Å². The Morgan fingerprint density at radius 3 is 2.60 bits per heavy atom. The van der Waals surface area contributed by atoms with E-state index in [0.717, 1.165) is 26.2 Å². The summed E-state index contributed by atoms with van der Waals surface area (Å²) in [5.41, 5.74) is 8.38. The van der Waals surface area contributed by atoms with E-state index in [9.17, 15) is 4.79 Å². The van der Waals surface area contributed by atoms with Gasteiger partial charge in [0.25, 0.3) is 5.91 Å². The van der Waals surface area contributed by atoms with Crippen LogP contribution in [0.5, 0.6) is 0 Å². The molecule has 1 rings (SSSR count). The van der Waals surface area contributed by atoms with Gasteiger partial charge >= 0.3 is 0 Å². The molecule has 1 amide bonds. The van der Waals surface area contributed by atoms with Crippen molar-refractivity contribution in [2.75, 3.05) is 46.9 Å². The van der Waals surface area contributed by atoms with E-state index in [1.165, 1.54) is 7.11 Å². The fourth-order valence-electron chi connectivity index (χ4n) is 1.41. The number of hydrazine groups is 1. The second-order valence-electron chi connectivity index (χ2n) is 3.83. The first-order chi connectivity index (χ1) is 7.13. The maximum atomic E-state index is 11.5. The summed E-state index contributed by atoms with van der Waals surface area (Å²) < 4.78 is 4.82. The molecule has 1 heterocycles. The summed E-state index contributed by atoms with van der Waals surface area (Å²) in [6.07, 6.45) is 0. The van der Waals surface area contributed by atoms with Crippen molar-refractivity contribution in [3.8, 4) is 0 Å². The maximum absolute atomic E-state index is 11.5. The maximum Gasteiger partial charge on any atom is 0.253 e. The van der Waals surface area contributed by atoms with E-state index in [1.807, 2.05) is 5.01 Å². The molecule has 15 heavy (non-hydrogen) atoms. The monoisotopic (exact) mass is 216 g/mol. The smallest absolute Gasteiger partial charge is 0.253 e. The van der Waals surface area contributed by atoms with Gasteiger partial charge in [-0.2, -0.15) is 0 Å². The fraction of sp³-hybridized carbons (Fsp3) is 0.889. The molecular formula is C9H20N4O2. The zero-order valence-electron chi connectivity index (χ0n) is 9.40. The van der Waals surface area contributed by atoms with Gasteiger partial charge in [-0.25, -0.2) is 5.01 Å². The van der Waals surface area contributed by atoms with Crippen LogP contribution in [0.3, 0.4) is 0 Å². The van der Waals surface area contributed by atoms with Crippen molar-refractivity contribution in [3.05, 3.63) is 0 Å². The number of hydrogen-bond acceptors (Lipinski definition) is 5. The highest BCUT2D eigenvalue weighted by atomic mass is 16.5. The zero-order valence-corrected chi connectivity index (χ0v) is 9.40. The highest BCUT2D eigenvalue weighted by Crippen LogP contribution is 1.95. The topological polar surface area (TPSA) is 70.8 Å². The molecule has 1 atom stereocenters. The Labute approximate surface area is 90.3 Å². The number of likely N-dealkylation sites (N-methyl/N-ethyl adjacent to an activating group) is 1. The molecule has 0 spiro atoms. The Morgan fingerprint density at radius 2 is 2.07 bits per heavy atom. The van der Waals surface area contributed by atoms with Gasteiger partial charge < -0.3 is 15.4 Å². The number of hydrogen-bond donors (Lipinski definition) is 2. The van der Waals surface area contributed by atoms with Gasteiger partial charge in [-0.05, 0) is 7.05 Å². The first kappa shape index (κ1) is 12.4. The molecule has 88 valence electrons. The summed E-state index contributed by atoms with van der Waals surface area (Å²) in [6, 6.07) is -0.588. The highest BCUT2D eigenvalue weighted by molar-refractivity contribution is 5.81. The summed E-state index contributed by atoms with van der Waals surface area (Å²) in [4.78, 5) is 13.7. The van der Waals surface area contributed by atoms with Crippen LogP contribution in [0.1, 0.15) is 0 Å². The van der Waals surface area contributed by atoms with E-state index in [2.05, 4.69) is 17.4 Å². The molecule has 0 aromatic carbocycles. The number of nitrogens with zero attached hydrogens (tertiary/aromatic N) is 2. The van der Waals surface area contributed by atoms with E-state index < -0.39 is 6.04 Å². The van der Waals surface area contributed by atoms with Gasteiger partial charge in [-0.3, -0.25) is 10.2 Å². The molecule has 1 unspecified atom stereocenters. The van der Waals surface area contributed by atoms with Gasteiger partial charge in [-0.1, -0.05) is 0 Å². The molecule has 1 aliphatic heterocycles. The van der Waals surface area contributed by atoms with Crippen molar-refractivity contribution in [2.45, 2.75) is 6.04 Å². The summed E-state index contributed by atoms with van der Waals surface area (Å²) in [6.45, 7) is 3.84. The van der Waals surface area contributed by atoms with Gasteiger partial charge in [0.15, 0.2) is 0 Å². The van der Waals surface area contributed by atoms with Crippen molar-refractivity contribution >= 4 is 5.91 Å². The molecule has 0 radical (unpaired) electrons. The third-order valence-electron chi connectivity index (χ3n) is 2.45. The van der Waals surface area contributed by atoms with Crippen LogP contribution in [0.25, 0.3) is 0 Å². The number of rotatable bonds is 4. The number of carbonyl (C=O) groups is 1. The number of methoxy groups -OCH3 is 1. The Hall–Kier alpha value is -0.690. The third-order valence-corrected chi connectivity index (χ3v) is 2.45. The number of nitrogens with two attached hydrogens (primary N) is 1. The third kappa shape index (κ3) is 4.13. The summed E-state index contributed by atoms with van der Waals surface area (Å²) in [5, 5.41) is 1.90. The Morgan fingerprint density at radius 1 is 1.47 bits per heavy atom. The van der Waals surface area contributed by atoms with Crippen LogP contribution in [-0.2, 0) is 9.53 Å². The zero-order chi connectivity index (χ0) is 11.3. The molecule has 0 bridgehead atoms. The fourth-order valence-corrected chi connectivity index (χ4v) is 1.41. The minimum Gasteiger partial charge on any atom is -0.383 e. The van der Waals surface area contributed by atoms with Gasteiger partial charge in [0.05, 0.1) is 6.61 Å². The first-order valence-corrected chi connectivity index (χ1v) is 5.12. The Bertz CT molecular complexity index is 204. The van der Waals surface area contributed by atoms with Gasteiger partial charge in [0, 0.05) is 33.3 Å². The minimum absolute atomic E-state index is 0.179. The molecule has 0 aromatic rings. The Balaban J connectivity index is 2.25. The van der Waals surface area contributed by atoms with Gasteiger partial charge in [0.2, 0.25) is 0 Å². The van der Waals surface area contributed by atoms with Gasteiger partial charge in [-0.15, -0.1) is 0 Å². The molecule has 0 saturated carbocycles. The number of nitrogens with one attached hydrogen (secondary N) is 1. The van der Waals surface area contributed by atoms with E-state index in [-0.39, 0.29) is 12.5 Å². The average Bonchev–Trinajstić information content (AvgIpc) is 2.22. The quantitative estimate of drug-likeness (QED) is 0.582. The van der Waals surface area contributed by atoms with Crippen molar-refractivity contribution in [1.82, 2.24) is 15.3 Å². The van der Waals surface area contributed by atoms with Crippen molar-refractivity contribution in [3.63, 3.8) is 0 Å². The first-order valence-electron chi connectivity index (χ1n) is 5.12. The second-order valence-corrected chi connectivity index (χ2v) is 3.83. The van der Waals surface area contributed by atoms with Crippen molar-refractivity contribution < 1.29 is 9.53 Å². The van der Waals surface area contributed by atoms with Crippen LogP contribution in [-0.4, -0.2) is 68.8 Å². The molecule has 6 nitrogen and oxygen atoms in total. The largest absolute Gasteiger partial charge is 0.383 e. The van der Waals surface area contributed by atoms with Crippen LogP contribution < -0.4 is 11.2 Å². The molecule has 1 fully saturated rings. The normalized spacial score (nSPS) is 21.3. The van der Waals surface area contributed by atoms with Crippen LogP contribution in [0.4, 0.5) is 0 Å². The predicted molar refractivity (Wildman–Crippen MR) is 57.1 cm³/mol. The van der Waals surface area contributed by atoms with Crippen LogP contribution in [0.15, 0.2) is 0 Å². The lowest BCUT2D eigenvalue weighted by atomic mass is 10.3. The average molecular weight is 216 g/mol. The van der Waals surface area contributed by atoms with E-state index in [4.69, 9.17) is 10.5 Å². The molecule has 1 saturated heterocycles. The van der Waals surface area contributed by atoms with Gasteiger partial charge in [0.1, 0.15) is 6.04 Å². The molecule has 1 aliphatic rings.